The summed E-state index contributed by atoms with van der Waals surface area (Å²) in [6.07, 6.45) is 0. The summed E-state index contributed by atoms with van der Waals surface area (Å²) in [5, 5.41) is 12.3. The molecule has 5 heteroatoms. The predicted octanol–water partition coefficient (Wildman–Crippen LogP) is 3.27. The van der Waals surface area contributed by atoms with E-state index in [2.05, 4.69) is 11.4 Å². The van der Waals surface area contributed by atoms with E-state index in [1.54, 1.807) is 26.0 Å². The molecule has 0 spiro atoms. The summed E-state index contributed by atoms with van der Waals surface area (Å²) in [6.45, 7) is 3.76. The highest BCUT2D eigenvalue weighted by Gasteiger charge is 2.19. The maximum atomic E-state index is 11.8. The minimum Gasteiger partial charge on any atom is -0.350 e. The summed E-state index contributed by atoms with van der Waals surface area (Å²) in [5.74, 6) is -0.310. The third kappa shape index (κ3) is 3.92. The lowest BCUT2D eigenvalue weighted by Crippen LogP contribution is -2.33. The molecule has 1 rings (SSSR count). The lowest BCUT2D eigenvalue weighted by Gasteiger charge is -2.16. The Hall–Kier alpha value is -1.24. The van der Waals surface area contributed by atoms with Crippen molar-refractivity contribution in [1.29, 1.82) is 5.26 Å². The number of hydrogen-bond acceptors (Lipinski definition) is 2. The SMILES string of the molecule is CC(C)(C#N)CNC(=O)c1ccc(Cl)cc1Cl. The van der Waals surface area contributed by atoms with Crippen molar-refractivity contribution in [1.82, 2.24) is 5.32 Å². The van der Waals surface area contributed by atoms with Crippen LogP contribution in [0, 0.1) is 16.7 Å². The summed E-state index contributed by atoms with van der Waals surface area (Å²) in [6, 6.07) is 6.76. The second-order valence-corrected chi connectivity index (χ2v) is 5.15. The molecule has 0 fully saturated rings. The first-order valence-corrected chi connectivity index (χ1v) is 5.76. The maximum absolute atomic E-state index is 11.8. The Balaban J connectivity index is 2.75. The third-order valence-corrected chi connectivity index (χ3v) is 2.72. The van der Waals surface area contributed by atoms with E-state index in [-0.39, 0.29) is 12.5 Å². The van der Waals surface area contributed by atoms with Gasteiger partial charge in [0.05, 0.1) is 22.1 Å². The molecule has 17 heavy (non-hydrogen) atoms. The largest absolute Gasteiger partial charge is 0.350 e. The van der Waals surface area contributed by atoms with E-state index < -0.39 is 5.41 Å². The Bertz CT molecular complexity index is 478. The highest BCUT2D eigenvalue weighted by Crippen LogP contribution is 2.21. The van der Waals surface area contributed by atoms with E-state index in [4.69, 9.17) is 28.5 Å². The van der Waals surface area contributed by atoms with Crippen LogP contribution in [0.2, 0.25) is 10.0 Å². The van der Waals surface area contributed by atoms with Crippen LogP contribution in [0.15, 0.2) is 18.2 Å². The summed E-state index contributed by atoms with van der Waals surface area (Å²) in [4.78, 5) is 11.8. The van der Waals surface area contributed by atoms with Gasteiger partial charge in [0, 0.05) is 11.6 Å². The molecule has 0 saturated carbocycles. The molecule has 3 nitrogen and oxygen atoms in total. The van der Waals surface area contributed by atoms with Gasteiger partial charge in [0.25, 0.3) is 5.91 Å². The minimum absolute atomic E-state index is 0.265. The molecule has 0 saturated heterocycles. The van der Waals surface area contributed by atoms with Crippen LogP contribution in [0.4, 0.5) is 0 Å². The van der Waals surface area contributed by atoms with Gasteiger partial charge < -0.3 is 5.32 Å². The van der Waals surface area contributed by atoms with Crippen LogP contribution >= 0.6 is 23.2 Å². The smallest absolute Gasteiger partial charge is 0.252 e. The second-order valence-electron chi connectivity index (χ2n) is 4.30. The van der Waals surface area contributed by atoms with Gasteiger partial charge in [-0.25, -0.2) is 0 Å². The number of hydrogen-bond donors (Lipinski definition) is 1. The number of nitrogens with zero attached hydrogens (tertiary/aromatic N) is 1. The van der Waals surface area contributed by atoms with Gasteiger partial charge in [-0.2, -0.15) is 5.26 Å². The molecule has 0 unspecified atom stereocenters. The van der Waals surface area contributed by atoms with Crippen molar-refractivity contribution in [2.24, 2.45) is 5.41 Å². The Kier molecular flexibility index (Phi) is 4.39. The Morgan fingerprint density at radius 1 is 1.47 bits per heavy atom. The predicted molar refractivity (Wildman–Crippen MR) is 68.2 cm³/mol. The van der Waals surface area contributed by atoms with Crippen LogP contribution in [-0.4, -0.2) is 12.5 Å². The van der Waals surface area contributed by atoms with Crippen LogP contribution in [0.1, 0.15) is 24.2 Å². The maximum Gasteiger partial charge on any atom is 0.252 e. The lowest BCUT2D eigenvalue weighted by atomic mass is 9.96. The molecule has 0 aliphatic rings. The Labute approximate surface area is 110 Å². The van der Waals surface area contributed by atoms with Gasteiger partial charge in [-0.15, -0.1) is 0 Å². The molecule has 0 radical (unpaired) electrons. The van der Waals surface area contributed by atoms with Crippen molar-refractivity contribution in [2.75, 3.05) is 6.54 Å². The highest BCUT2D eigenvalue weighted by atomic mass is 35.5. The summed E-state index contributed by atoms with van der Waals surface area (Å²) in [7, 11) is 0. The van der Waals surface area contributed by atoms with Crippen molar-refractivity contribution < 1.29 is 4.79 Å². The van der Waals surface area contributed by atoms with Crippen LogP contribution in [0.3, 0.4) is 0 Å². The molecule has 1 aromatic rings. The van der Waals surface area contributed by atoms with Gasteiger partial charge in [-0.3, -0.25) is 4.79 Å². The van der Waals surface area contributed by atoms with Crippen LogP contribution in [0.5, 0.6) is 0 Å². The second kappa shape index (κ2) is 5.39. The fourth-order valence-electron chi connectivity index (χ4n) is 1.11. The number of nitrogens with one attached hydrogen (secondary N) is 1. The number of nitriles is 1. The first kappa shape index (κ1) is 13.8. The fraction of sp³-hybridized carbons (Fsp3) is 0.333. The van der Waals surface area contributed by atoms with E-state index in [0.717, 1.165) is 0 Å². The zero-order valence-corrected chi connectivity index (χ0v) is 11.1. The highest BCUT2D eigenvalue weighted by molar-refractivity contribution is 6.36. The Morgan fingerprint density at radius 3 is 2.65 bits per heavy atom. The van der Waals surface area contributed by atoms with Crippen molar-refractivity contribution in [3.8, 4) is 6.07 Å². The molecule has 0 aliphatic heterocycles. The number of carbonyl (C=O) groups is 1. The van der Waals surface area contributed by atoms with Crippen molar-refractivity contribution in [2.45, 2.75) is 13.8 Å². The molecule has 1 aromatic carbocycles. The normalized spacial score (nSPS) is 10.8. The monoisotopic (exact) mass is 270 g/mol. The molecular weight excluding hydrogens is 259 g/mol. The van der Waals surface area contributed by atoms with Crippen molar-refractivity contribution in [3.63, 3.8) is 0 Å². The Morgan fingerprint density at radius 2 is 2.12 bits per heavy atom. The minimum atomic E-state index is -0.603. The van der Waals surface area contributed by atoms with E-state index >= 15 is 0 Å². The summed E-state index contributed by atoms with van der Waals surface area (Å²) < 4.78 is 0. The van der Waals surface area contributed by atoms with Crippen LogP contribution < -0.4 is 5.32 Å². The molecular formula is C12H12Cl2N2O. The van der Waals surface area contributed by atoms with Gasteiger partial charge in [0.1, 0.15) is 0 Å². The topological polar surface area (TPSA) is 52.9 Å². The van der Waals surface area contributed by atoms with E-state index in [9.17, 15) is 4.79 Å². The molecule has 0 aliphatic carbocycles. The average molecular weight is 271 g/mol. The van der Waals surface area contributed by atoms with Gasteiger partial charge in [0.15, 0.2) is 0 Å². The molecule has 1 amide bonds. The first-order chi connectivity index (χ1) is 7.85. The molecule has 90 valence electrons. The summed E-state index contributed by atoms with van der Waals surface area (Å²) in [5.41, 5.74) is -0.251. The van der Waals surface area contributed by atoms with Gasteiger partial charge in [0.2, 0.25) is 0 Å². The lowest BCUT2D eigenvalue weighted by molar-refractivity contribution is 0.0944. The van der Waals surface area contributed by atoms with E-state index in [1.165, 1.54) is 6.07 Å². The van der Waals surface area contributed by atoms with Crippen molar-refractivity contribution >= 4 is 29.1 Å². The summed E-state index contributed by atoms with van der Waals surface area (Å²) >= 11 is 11.6. The molecule has 0 atom stereocenters. The van der Waals surface area contributed by atoms with E-state index in [1.807, 2.05) is 0 Å². The number of benzene rings is 1. The van der Waals surface area contributed by atoms with Crippen molar-refractivity contribution in [3.05, 3.63) is 33.8 Å². The molecule has 0 heterocycles. The van der Waals surface area contributed by atoms with Crippen LogP contribution in [0.25, 0.3) is 0 Å². The van der Waals surface area contributed by atoms with Gasteiger partial charge in [-0.05, 0) is 32.0 Å². The zero-order chi connectivity index (χ0) is 13.1. The number of amides is 1. The van der Waals surface area contributed by atoms with E-state index in [0.29, 0.717) is 15.6 Å². The number of halogens is 2. The third-order valence-electron chi connectivity index (χ3n) is 2.17. The van der Waals surface area contributed by atoms with Crippen LogP contribution in [-0.2, 0) is 0 Å². The fourth-order valence-corrected chi connectivity index (χ4v) is 1.60. The quantitative estimate of drug-likeness (QED) is 0.917. The molecule has 1 N–H and O–H groups in total. The first-order valence-electron chi connectivity index (χ1n) is 5.00. The standard InChI is InChI=1S/C12H12Cl2N2O/c1-12(2,6-15)7-16-11(17)9-4-3-8(13)5-10(9)14/h3-5H,7H2,1-2H3,(H,16,17). The van der Waals surface area contributed by atoms with Gasteiger partial charge >= 0.3 is 0 Å². The van der Waals surface area contributed by atoms with Gasteiger partial charge in [-0.1, -0.05) is 23.2 Å². The molecule has 0 aromatic heterocycles. The number of carbonyl (C=O) groups excluding carboxylic acids is 1. The zero-order valence-electron chi connectivity index (χ0n) is 9.55. The number of rotatable bonds is 3. The average Bonchev–Trinajstić information content (AvgIpc) is 2.26. The molecule has 0 bridgehead atoms.